The summed E-state index contributed by atoms with van der Waals surface area (Å²) in [7, 11) is 0. The second kappa shape index (κ2) is 5.87. The number of benzene rings is 1. The molecule has 2 aromatic rings. The number of rotatable bonds is 2. The number of fused-ring (bicyclic) bond motifs is 1. The molecule has 0 N–H and O–H groups in total. The van der Waals surface area contributed by atoms with E-state index in [4.69, 9.17) is 0 Å². The molecule has 0 bridgehead atoms. The smallest absolute Gasteiger partial charge is 0.0488 e. The summed E-state index contributed by atoms with van der Waals surface area (Å²) in [5, 5.41) is 3.76. The average molecular weight is 402 g/mol. The molecule has 1 aromatic carbocycles. The van der Waals surface area contributed by atoms with Crippen molar-refractivity contribution < 1.29 is 0 Å². The van der Waals surface area contributed by atoms with Gasteiger partial charge in [0, 0.05) is 14.0 Å². The van der Waals surface area contributed by atoms with Crippen molar-refractivity contribution in [3.63, 3.8) is 0 Å². The molecule has 1 heterocycles. The molecule has 1 aliphatic rings. The summed E-state index contributed by atoms with van der Waals surface area (Å²) in [6.07, 6.45) is 5.50. The molecule has 0 amide bonds. The van der Waals surface area contributed by atoms with Crippen molar-refractivity contribution in [3.05, 3.63) is 33.6 Å². The second-order valence-electron chi connectivity index (χ2n) is 5.73. The van der Waals surface area contributed by atoms with E-state index in [1.54, 1.807) is 0 Å². The molecule has 3 heteroatoms. The van der Waals surface area contributed by atoms with Gasteiger partial charge >= 0.3 is 0 Å². The lowest BCUT2D eigenvalue weighted by molar-refractivity contribution is 0.288. The van der Waals surface area contributed by atoms with Gasteiger partial charge < -0.3 is 0 Å². The molecule has 1 unspecified atom stereocenters. The monoisotopic (exact) mass is 400 g/mol. The fraction of sp³-hybridized carbons (Fsp3) is 0.500. The molecule has 0 saturated heterocycles. The predicted octanol–water partition coefficient (Wildman–Crippen LogP) is 6.93. The van der Waals surface area contributed by atoms with Crippen LogP contribution in [0.3, 0.4) is 0 Å². The quantitative estimate of drug-likeness (QED) is 0.478. The van der Waals surface area contributed by atoms with Crippen LogP contribution in [0.1, 0.15) is 43.0 Å². The summed E-state index contributed by atoms with van der Waals surface area (Å²) in [5.74, 6) is 1.72. The van der Waals surface area contributed by atoms with Crippen molar-refractivity contribution in [1.82, 2.24) is 0 Å². The van der Waals surface area contributed by atoms with E-state index >= 15 is 0 Å². The minimum absolute atomic E-state index is 0.517. The molecular weight excluding hydrogens is 384 g/mol. The minimum atomic E-state index is 0.517. The van der Waals surface area contributed by atoms with Crippen LogP contribution in [0.25, 0.3) is 10.1 Å². The summed E-state index contributed by atoms with van der Waals surface area (Å²) in [5.41, 5.74) is 1.49. The van der Waals surface area contributed by atoms with Crippen molar-refractivity contribution in [3.8, 4) is 0 Å². The Balaban J connectivity index is 1.89. The third kappa shape index (κ3) is 2.79. The molecule has 0 nitrogen and oxygen atoms in total. The Labute approximate surface area is 135 Å². The van der Waals surface area contributed by atoms with E-state index in [0.29, 0.717) is 4.83 Å². The van der Waals surface area contributed by atoms with Crippen LogP contribution >= 0.6 is 43.2 Å². The molecule has 0 spiro atoms. The van der Waals surface area contributed by atoms with Crippen LogP contribution < -0.4 is 0 Å². The van der Waals surface area contributed by atoms with Gasteiger partial charge in [0.1, 0.15) is 0 Å². The van der Waals surface area contributed by atoms with Gasteiger partial charge in [0.2, 0.25) is 0 Å². The fourth-order valence-corrected chi connectivity index (χ4v) is 5.83. The summed E-state index contributed by atoms with van der Waals surface area (Å²) in [6.45, 7) is 2.39. The summed E-state index contributed by atoms with van der Waals surface area (Å²) >= 11 is 9.50. The van der Waals surface area contributed by atoms with Gasteiger partial charge in [0.05, 0.1) is 0 Å². The lowest BCUT2D eigenvalue weighted by atomic mass is 9.80. The van der Waals surface area contributed by atoms with Crippen molar-refractivity contribution in [2.75, 3.05) is 0 Å². The van der Waals surface area contributed by atoms with Crippen LogP contribution in [0.15, 0.2) is 28.1 Å². The van der Waals surface area contributed by atoms with E-state index < -0.39 is 0 Å². The van der Waals surface area contributed by atoms with Crippen LogP contribution in [0.5, 0.6) is 0 Å². The summed E-state index contributed by atoms with van der Waals surface area (Å²) in [6, 6.07) is 6.53. The third-order valence-electron chi connectivity index (χ3n) is 4.35. The number of hydrogen-bond acceptors (Lipinski definition) is 1. The first-order valence-corrected chi connectivity index (χ1v) is 9.55. The van der Waals surface area contributed by atoms with Gasteiger partial charge in [0.15, 0.2) is 0 Å². The van der Waals surface area contributed by atoms with Crippen LogP contribution in [0, 0.1) is 11.8 Å². The molecule has 1 fully saturated rings. The van der Waals surface area contributed by atoms with Crippen LogP contribution in [-0.2, 0) is 0 Å². The van der Waals surface area contributed by atoms with Crippen LogP contribution in [-0.4, -0.2) is 0 Å². The molecule has 0 radical (unpaired) electrons. The molecule has 3 rings (SSSR count). The standard InChI is InChI=1S/C16H18Br2S/c1-10-5-7-11(8-6-10)15(18)13-9-19-16-12(13)3-2-4-14(16)17/h2-4,9-11,15H,5-8H2,1H3. The maximum atomic E-state index is 3.98. The largest absolute Gasteiger partial charge is 0.142 e. The Morgan fingerprint density at radius 2 is 1.95 bits per heavy atom. The Bertz CT molecular complexity index is 567. The van der Waals surface area contributed by atoms with E-state index in [-0.39, 0.29) is 0 Å². The van der Waals surface area contributed by atoms with Gasteiger partial charge in [0.25, 0.3) is 0 Å². The topological polar surface area (TPSA) is 0 Å². The van der Waals surface area contributed by atoms with E-state index in [0.717, 1.165) is 11.8 Å². The van der Waals surface area contributed by atoms with Crippen molar-refractivity contribution in [2.24, 2.45) is 11.8 Å². The molecule has 1 atom stereocenters. The molecule has 102 valence electrons. The summed E-state index contributed by atoms with van der Waals surface area (Å²) in [4.78, 5) is 0.517. The fourth-order valence-electron chi connectivity index (χ4n) is 3.09. The zero-order valence-corrected chi connectivity index (χ0v) is 15.0. The maximum absolute atomic E-state index is 3.98. The maximum Gasteiger partial charge on any atom is 0.0488 e. The van der Waals surface area contributed by atoms with E-state index in [9.17, 15) is 0 Å². The van der Waals surface area contributed by atoms with E-state index in [2.05, 4.69) is 62.4 Å². The molecule has 0 aliphatic heterocycles. The lowest BCUT2D eigenvalue weighted by Crippen LogP contribution is -2.16. The number of thiophene rings is 1. The Morgan fingerprint density at radius 3 is 2.68 bits per heavy atom. The minimum Gasteiger partial charge on any atom is -0.142 e. The SMILES string of the molecule is CC1CCC(C(Br)c2csc3c(Br)cccc23)CC1. The zero-order valence-electron chi connectivity index (χ0n) is 11.0. The van der Waals surface area contributed by atoms with E-state index in [1.807, 2.05) is 11.3 Å². The van der Waals surface area contributed by atoms with Crippen LogP contribution in [0.2, 0.25) is 0 Å². The van der Waals surface area contributed by atoms with Crippen molar-refractivity contribution in [1.29, 1.82) is 0 Å². The van der Waals surface area contributed by atoms with Gasteiger partial charge in [-0.3, -0.25) is 0 Å². The van der Waals surface area contributed by atoms with Gasteiger partial charge in [-0.05, 0) is 63.0 Å². The van der Waals surface area contributed by atoms with Crippen molar-refractivity contribution in [2.45, 2.75) is 37.4 Å². The van der Waals surface area contributed by atoms with Crippen LogP contribution in [0.4, 0.5) is 0 Å². The highest BCUT2D eigenvalue weighted by atomic mass is 79.9. The van der Waals surface area contributed by atoms with E-state index in [1.165, 1.54) is 45.8 Å². The van der Waals surface area contributed by atoms with Gasteiger partial charge in [-0.15, -0.1) is 11.3 Å². The first-order chi connectivity index (χ1) is 9.16. The normalized spacial score (nSPS) is 25.6. The predicted molar refractivity (Wildman–Crippen MR) is 92.3 cm³/mol. The third-order valence-corrected chi connectivity index (χ3v) is 7.56. The van der Waals surface area contributed by atoms with Gasteiger partial charge in [-0.25, -0.2) is 0 Å². The first-order valence-electron chi connectivity index (χ1n) is 6.96. The molecule has 1 aliphatic carbocycles. The Hall–Kier alpha value is 0.140. The highest BCUT2D eigenvalue weighted by Crippen LogP contribution is 2.46. The average Bonchev–Trinajstić information content (AvgIpc) is 2.84. The zero-order chi connectivity index (χ0) is 13.4. The highest BCUT2D eigenvalue weighted by molar-refractivity contribution is 9.10. The summed E-state index contributed by atoms with van der Waals surface area (Å²) < 4.78 is 2.60. The highest BCUT2D eigenvalue weighted by Gasteiger charge is 2.27. The Morgan fingerprint density at radius 1 is 1.21 bits per heavy atom. The lowest BCUT2D eigenvalue weighted by Gasteiger charge is -2.29. The molecule has 19 heavy (non-hydrogen) atoms. The van der Waals surface area contributed by atoms with Gasteiger partial charge in [-0.2, -0.15) is 0 Å². The Kier molecular flexibility index (Phi) is 4.35. The molecule has 1 saturated carbocycles. The molecule has 1 aromatic heterocycles. The number of alkyl halides is 1. The number of halogens is 2. The molecular formula is C16H18Br2S. The number of hydrogen-bond donors (Lipinski definition) is 0. The van der Waals surface area contributed by atoms with Crippen molar-refractivity contribution >= 4 is 53.3 Å². The van der Waals surface area contributed by atoms with Gasteiger partial charge in [-0.1, -0.05) is 47.8 Å². The second-order valence-corrected chi connectivity index (χ2v) is 8.45. The first kappa shape index (κ1) is 14.1.